The van der Waals surface area contributed by atoms with Gasteiger partial charge in [0.25, 0.3) is 0 Å². The predicted molar refractivity (Wildman–Crippen MR) is 64.6 cm³/mol. The van der Waals surface area contributed by atoms with Gasteiger partial charge in [-0.15, -0.1) is 0 Å². The van der Waals surface area contributed by atoms with E-state index in [9.17, 15) is 4.79 Å². The minimum absolute atomic E-state index is 0. The van der Waals surface area contributed by atoms with Crippen LogP contribution in [0.5, 0.6) is 11.5 Å². The number of hydrogen-bond donors (Lipinski definition) is 5. The van der Waals surface area contributed by atoms with E-state index in [0.29, 0.717) is 18.7 Å². The number of nitrogens with two attached hydrogens (primary N) is 2. The number of aromatic hydroxyl groups is 2. The third-order valence-corrected chi connectivity index (χ3v) is 1.58. The summed E-state index contributed by atoms with van der Waals surface area (Å²) in [5, 5.41) is 26.3. The quantitative estimate of drug-likeness (QED) is 0.338. The Balaban J connectivity index is 0. The van der Waals surface area contributed by atoms with Crippen molar-refractivity contribution in [1.82, 2.24) is 0 Å². The van der Waals surface area contributed by atoms with Crippen LogP contribution in [0.4, 0.5) is 0 Å². The predicted octanol–water partition coefficient (Wildman–Crippen LogP) is 0.0969. The molecule has 7 heteroatoms. The van der Waals surface area contributed by atoms with Gasteiger partial charge < -0.3 is 26.8 Å². The molecule has 0 aliphatic rings. The van der Waals surface area contributed by atoms with E-state index in [2.05, 4.69) is 0 Å². The molecule has 1 aromatic carbocycles. The number of rotatable bonds is 3. The minimum Gasteiger partial charge on any atom is -0.504 e. The Kier molecular flexibility index (Phi) is 11.4. The topological polar surface area (TPSA) is 130 Å². The van der Waals surface area contributed by atoms with Gasteiger partial charge in [0, 0.05) is 19.2 Å². The summed E-state index contributed by atoms with van der Waals surface area (Å²) in [6.07, 6.45) is 2.27. The summed E-state index contributed by atoms with van der Waals surface area (Å²) in [5.41, 5.74) is 10.3. The van der Waals surface area contributed by atoms with Gasteiger partial charge in [-0.2, -0.15) is 0 Å². The maximum absolute atomic E-state index is 10.1. The first kappa shape index (κ1) is 19.0. The maximum Gasteiger partial charge on any atom is 4.00 e. The molecule has 7 N–H and O–H groups in total. The number of hydrogen-bond acceptors (Lipinski definition) is 5. The number of carboxylic acid groups (broad SMARTS) is 1. The molecule has 1 aromatic rings. The molecule has 0 fully saturated rings. The second kappa shape index (κ2) is 10.8. The van der Waals surface area contributed by atoms with Crippen molar-refractivity contribution in [3.05, 3.63) is 29.8 Å². The molecule has 0 radical (unpaired) electrons. The van der Waals surface area contributed by atoms with Gasteiger partial charge in [-0.05, 0) is 23.8 Å². The van der Waals surface area contributed by atoms with Crippen LogP contribution in [0.3, 0.4) is 0 Å². The zero-order valence-corrected chi connectivity index (χ0v) is 11.8. The zero-order valence-electron chi connectivity index (χ0n) is 9.52. The normalized spacial score (nSPS) is 9.22. The van der Waals surface area contributed by atoms with Gasteiger partial charge in [-0.3, -0.25) is 0 Å². The first-order valence-corrected chi connectivity index (χ1v) is 4.84. The Morgan fingerprint density at radius 1 is 1.17 bits per heavy atom. The van der Waals surface area contributed by atoms with Crippen molar-refractivity contribution < 1.29 is 41.2 Å². The minimum atomic E-state index is -1.06. The largest absolute Gasteiger partial charge is 4.00 e. The molecule has 0 spiro atoms. The molecular weight excluding hydrogens is 419 g/mol. The fourth-order valence-corrected chi connectivity index (χ4v) is 0.812. The average Bonchev–Trinajstić information content (AvgIpc) is 2.31. The van der Waals surface area contributed by atoms with E-state index < -0.39 is 5.97 Å². The molecular formula is C11H16N2O4Pt+4. The molecule has 0 aromatic heterocycles. The van der Waals surface area contributed by atoms with E-state index >= 15 is 0 Å². The molecule has 100 valence electrons. The third-order valence-electron chi connectivity index (χ3n) is 1.58. The molecule has 0 aliphatic heterocycles. The SMILES string of the molecule is NCCN.O=C(O)/C=C/c1ccc(O)c(O)c1.[Pt+4]. The van der Waals surface area contributed by atoms with E-state index in [1.165, 1.54) is 24.3 Å². The number of carbonyl (C=O) groups is 1. The summed E-state index contributed by atoms with van der Waals surface area (Å²) in [6, 6.07) is 4.06. The van der Waals surface area contributed by atoms with Crippen LogP contribution in [0.15, 0.2) is 24.3 Å². The van der Waals surface area contributed by atoms with Crippen molar-refractivity contribution in [2.24, 2.45) is 11.5 Å². The van der Waals surface area contributed by atoms with Crippen LogP contribution in [0.25, 0.3) is 6.08 Å². The third kappa shape index (κ3) is 8.75. The van der Waals surface area contributed by atoms with E-state index in [1.54, 1.807) is 0 Å². The summed E-state index contributed by atoms with van der Waals surface area (Å²) in [7, 11) is 0. The number of phenols is 2. The molecule has 0 saturated carbocycles. The molecule has 0 saturated heterocycles. The molecule has 0 bridgehead atoms. The first-order chi connectivity index (χ1) is 8.01. The number of benzene rings is 1. The summed E-state index contributed by atoms with van der Waals surface area (Å²) in [5.74, 6) is -1.56. The maximum atomic E-state index is 10.1. The fraction of sp³-hybridized carbons (Fsp3) is 0.182. The Labute approximate surface area is 119 Å². The smallest absolute Gasteiger partial charge is 0.504 e. The standard InChI is InChI=1S/C9H8O4.C2H8N2.Pt/c10-7-3-1-6(5-8(7)11)2-4-9(12)13;3-1-2-4;/h1-5,10-11H,(H,12,13);1-4H2;/q;;+4/b4-2+;;. The fourth-order valence-electron chi connectivity index (χ4n) is 0.812. The van der Waals surface area contributed by atoms with E-state index in [4.69, 9.17) is 26.8 Å². The second-order valence-electron chi connectivity index (χ2n) is 3.00. The van der Waals surface area contributed by atoms with Crippen LogP contribution in [0.1, 0.15) is 5.56 Å². The Hall–Kier alpha value is -1.36. The van der Waals surface area contributed by atoms with Crippen LogP contribution in [0, 0.1) is 0 Å². The van der Waals surface area contributed by atoms with Crippen LogP contribution < -0.4 is 11.5 Å². The first-order valence-electron chi connectivity index (χ1n) is 4.84. The van der Waals surface area contributed by atoms with Crippen molar-refractivity contribution >= 4 is 12.0 Å². The number of carboxylic acids is 1. The molecule has 18 heavy (non-hydrogen) atoms. The van der Waals surface area contributed by atoms with E-state index in [1.807, 2.05) is 0 Å². The van der Waals surface area contributed by atoms with Gasteiger partial charge in [-0.25, -0.2) is 4.79 Å². The summed E-state index contributed by atoms with van der Waals surface area (Å²) in [6.45, 7) is 1.19. The van der Waals surface area contributed by atoms with Crippen molar-refractivity contribution in [2.45, 2.75) is 0 Å². The van der Waals surface area contributed by atoms with Crippen LogP contribution in [-0.4, -0.2) is 34.4 Å². The molecule has 0 heterocycles. The van der Waals surface area contributed by atoms with Crippen LogP contribution in [0.2, 0.25) is 0 Å². The van der Waals surface area contributed by atoms with E-state index in [-0.39, 0.29) is 32.6 Å². The van der Waals surface area contributed by atoms with Gasteiger partial charge >= 0.3 is 27.0 Å². The van der Waals surface area contributed by atoms with Gasteiger partial charge in [0.2, 0.25) is 0 Å². The summed E-state index contributed by atoms with van der Waals surface area (Å²) in [4.78, 5) is 10.1. The van der Waals surface area contributed by atoms with Gasteiger partial charge in [0.05, 0.1) is 0 Å². The summed E-state index contributed by atoms with van der Waals surface area (Å²) < 4.78 is 0. The van der Waals surface area contributed by atoms with E-state index in [0.717, 1.165) is 6.08 Å². The van der Waals surface area contributed by atoms with Crippen molar-refractivity contribution in [3.63, 3.8) is 0 Å². The molecule has 0 amide bonds. The Morgan fingerprint density at radius 2 is 1.72 bits per heavy atom. The monoisotopic (exact) mass is 435 g/mol. The molecule has 6 nitrogen and oxygen atoms in total. The molecule has 0 aliphatic carbocycles. The second-order valence-corrected chi connectivity index (χ2v) is 3.00. The average molecular weight is 435 g/mol. The van der Waals surface area contributed by atoms with Gasteiger partial charge in [-0.1, -0.05) is 6.07 Å². The van der Waals surface area contributed by atoms with Crippen molar-refractivity contribution in [1.29, 1.82) is 0 Å². The molecule has 0 atom stereocenters. The molecule has 1 rings (SSSR count). The van der Waals surface area contributed by atoms with Gasteiger partial charge in [0.1, 0.15) is 0 Å². The number of aliphatic carboxylic acids is 1. The Morgan fingerprint density at radius 3 is 2.11 bits per heavy atom. The van der Waals surface area contributed by atoms with Crippen molar-refractivity contribution in [3.8, 4) is 11.5 Å². The van der Waals surface area contributed by atoms with Crippen molar-refractivity contribution in [2.75, 3.05) is 13.1 Å². The number of phenolic OH excluding ortho intramolecular Hbond substituents is 2. The van der Waals surface area contributed by atoms with Crippen LogP contribution >= 0.6 is 0 Å². The summed E-state index contributed by atoms with van der Waals surface area (Å²) >= 11 is 0. The Bertz CT molecular complexity index is 395. The van der Waals surface area contributed by atoms with Crippen LogP contribution in [-0.2, 0) is 25.9 Å². The zero-order chi connectivity index (χ0) is 13.3. The van der Waals surface area contributed by atoms with Gasteiger partial charge in [0.15, 0.2) is 11.5 Å². The molecule has 0 unspecified atom stereocenters.